The van der Waals surface area contributed by atoms with Crippen LogP contribution in [0, 0.1) is 18.8 Å². The van der Waals surface area contributed by atoms with Crippen LogP contribution in [0.15, 0.2) is 35.1 Å². The van der Waals surface area contributed by atoms with Crippen LogP contribution in [0.2, 0.25) is 0 Å². The molecule has 1 heterocycles. The lowest BCUT2D eigenvalue weighted by Crippen LogP contribution is -2.15. The molecular weight excluding hydrogens is 296 g/mol. The molecule has 3 nitrogen and oxygen atoms in total. The van der Waals surface area contributed by atoms with E-state index >= 15 is 0 Å². The molecule has 3 heteroatoms. The monoisotopic (exact) mass is 326 g/mol. The van der Waals surface area contributed by atoms with Gasteiger partial charge in [0.1, 0.15) is 5.82 Å². The molecule has 0 amide bonds. The Morgan fingerprint density at radius 2 is 2.12 bits per heavy atom. The number of hydrogen-bond acceptors (Lipinski definition) is 2. The third-order valence-corrected chi connectivity index (χ3v) is 4.86. The van der Waals surface area contributed by atoms with Crippen LogP contribution in [0.1, 0.15) is 57.8 Å². The number of H-pyrrole nitrogens is 1. The number of nitrogens with zero attached hydrogens (tertiary/aromatic N) is 1. The summed E-state index contributed by atoms with van der Waals surface area (Å²) in [7, 11) is 0. The average molecular weight is 326 g/mol. The Balaban J connectivity index is 2.30. The zero-order valence-corrected chi connectivity index (χ0v) is 15.4. The molecule has 1 aromatic heterocycles. The summed E-state index contributed by atoms with van der Waals surface area (Å²) in [5, 5.41) is 0.767. The van der Waals surface area contributed by atoms with Gasteiger partial charge in [0.2, 0.25) is 0 Å². The molecule has 1 aromatic carbocycles. The Bertz CT molecular complexity index is 745. The van der Waals surface area contributed by atoms with Gasteiger partial charge in [0, 0.05) is 0 Å². The zero-order chi connectivity index (χ0) is 17.5. The number of rotatable bonds is 8. The molecule has 0 aliphatic heterocycles. The summed E-state index contributed by atoms with van der Waals surface area (Å²) in [5.41, 5.74) is 1.93. The van der Waals surface area contributed by atoms with E-state index in [4.69, 9.17) is 0 Å². The van der Waals surface area contributed by atoms with Gasteiger partial charge in [-0.2, -0.15) is 0 Å². The zero-order valence-electron chi connectivity index (χ0n) is 15.4. The highest BCUT2D eigenvalue weighted by atomic mass is 16.1. The van der Waals surface area contributed by atoms with Gasteiger partial charge in [-0.3, -0.25) is 4.79 Å². The Labute approximate surface area is 145 Å². The molecular formula is C21H30N2O. The van der Waals surface area contributed by atoms with Crippen LogP contribution >= 0.6 is 0 Å². The van der Waals surface area contributed by atoms with Gasteiger partial charge in [0.15, 0.2) is 0 Å². The molecule has 0 radical (unpaired) electrons. The third-order valence-electron chi connectivity index (χ3n) is 4.86. The van der Waals surface area contributed by atoms with E-state index in [9.17, 15) is 4.79 Å². The number of aromatic amines is 1. The highest BCUT2D eigenvalue weighted by molar-refractivity contribution is 5.81. The Hall–Kier alpha value is -1.90. The predicted molar refractivity (Wildman–Crippen MR) is 102 cm³/mol. The van der Waals surface area contributed by atoms with Gasteiger partial charge >= 0.3 is 0 Å². The molecule has 130 valence electrons. The molecule has 2 rings (SSSR count). The van der Waals surface area contributed by atoms with Crippen molar-refractivity contribution in [1.82, 2.24) is 9.97 Å². The maximum absolute atomic E-state index is 12.4. The van der Waals surface area contributed by atoms with Gasteiger partial charge in [-0.1, -0.05) is 44.6 Å². The smallest absolute Gasteiger partial charge is 0.259 e. The maximum atomic E-state index is 12.4. The maximum Gasteiger partial charge on any atom is 0.259 e. The molecule has 0 aliphatic rings. The lowest BCUT2D eigenvalue weighted by atomic mass is 9.85. The van der Waals surface area contributed by atoms with Crippen LogP contribution in [0.25, 0.3) is 10.9 Å². The molecule has 1 N–H and O–H groups in total. The SMILES string of the molecule is CC=CCCC(Cc1cccc2nc(C)[nH]c(=O)c12)CC(C)CC. The van der Waals surface area contributed by atoms with Gasteiger partial charge in [-0.05, 0) is 63.0 Å². The summed E-state index contributed by atoms with van der Waals surface area (Å²) in [6, 6.07) is 6.05. The minimum atomic E-state index is -0.0103. The number of fused-ring (bicyclic) bond motifs is 1. The fraction of sp³-hybridized carbons (Fsp3) is 0.524. The first-order valence-electron chi connectivity index (χ1n) is 9.14. The fourth-order valence-electron chi connectivity index (χ4n) is 3.40. The largest absolute Gasteiger partial charge is 0.310 e. The van der Waals surface area contributed by atoms with Crippen LogP contribution in [0.3, 0.4) is 0 Å². The highest BCUT2D eigenvalue weighted by Crippen LogP contribution is 2.26. The van der Waals surface area contributed by atoms with Crippen molar-refractivity contribution in [3.8, 4) is 0 Å². The van der Waals surface area contributed by atoms with E-state index in [2.05, 4.69) is 49.0 Å². The second-order valence-corrected chi connectivity index (χ2v) is 6.93. The Kier molecular flexibility index (Phi) is 6.77. The first-order valence-corrected chi connectivity index (χ1v) is 9.14. The minimum Gasteiger partial charge on any atom is -0.310 e. The lowest BCUT2D eigenvalue weighted by molar-refractivity contribution is 0.363. The van der Waals surface area contributed by atoms with Gasteiger partial charge in [-0.25, -0.2) is 4.98 Å². The van der Waals surface area contributed by atoms with E-state index in [0.717, 1.165) is 29.3 Å². The summed E-state index contributed by atoms with van der Waals surface area (Å²) in [6.07, 6.45) is 10.0. The molecule has 0 saturated heterocycles. The molecule has 0 saturated carbocycles. The normalized spacial score (nSPS) is 14.3. The standard InChI is InChI=1S/C21H30N2O/c1-5-7-8-10-17(13-15(3)6-2)14-18-11-9-12-19-20(18)21(24)23-16(4)22-19/h5,7,9,11-12,15,17H,6,8,10,13-14H2,1-4H3,(H,22,23,24). The van der Waals surface area contributed by atoms with Crippen LogP contribution in [0.5, 0.6) is 0 Å². The molecule has 0 spiro atoms. The van der Waals surface area contributed by atoms with Crippen molar-refractivity contribution < 1.29 is 0 Å². The molecule has 2 unspecified atom stereocenters. The van der Waals surface area contributed by atoms with Gasteiger partial charge < -0.3 is 4.98 Å². The number of nitrogens with one attached hydrogen (secondary N) is 1. The molecule has 2 aromatic rings. The molecule has 0 fully saturated rings. The van der Waals surface area contributed by atoms with E-state index in [0.29, 0.717) is 17.7 Å². The Morgan fingerprint density at radius 1 is 1.33 bits per heavy atom. The summed E-state index contributed by atoms with van der Waals surface area (Å²) in [5.74, 6) is 1.99. The third kappa shape index (κ3) is 4.80. The predicted octanol–water partition coefficient (Wildman–Crippen LogP) is 5.18. The van der Waals surface area contributed by atoms with Crippen LogP contribution < -0.4 is 5.56 Å². The lowest BCUT2D eigenvalue weighted by Gasteiger charge is -2.20. The van der Waals surface area contributed by atoms with Crippen molar-refractivity contribution in [2.24, 2.45) is 11.8 Å². The minimum absolute atomic E-state index is 0.0103. The van der Waals surface area contributed by atoms with E-state index in [-0.39, 0.29) is 5.56 Å². The Morgan fingerprint density at radius 3 is 2.83 bits per heavy atom. The molecule has 0 bridgehead atoms. The van der Waals surface area contributed by atoms with Gasteiger partial charge in [-0.15, -0.1) is 0 Å². The van der Waals surface area contributed by atoms with Gasteiger partial charge in [0.05, 0.1) is 10.9 Å². The topological polar surface area (TPSA) is 45.8 Å². The van der Waals surface area contributed by atoms with Crippen molar-refractivity contribution >= 4 is 10.9 Å². The first-order chi connectivity index (χ1) is 11.5. The molecule has 0 aliphatic carbocycles. The summed E-state index contributed by atoms with van der Waals surface area (Å²) >= 11 is 0. The number of allylic oxidation sites excluding steroid dienone is 2. The van der Waals surface area contributed by atoms with Crippen molar-refractivity contribution in [3.63, 3.8) is 0 Å². The van der Waals surface area contributed by atoms with Crippen molar-refractivity contribution in [2.45, 2.75) is 59.8 Å². The number of hydrogen-bond donors (Lipinski definition) is 1. The van der Waals surface area contributed by atoms with E-state index in [1.54, 1.807) is 0 Å². The summed E-state index contributed by atoms with van der Waals surface area (Å²) < 4.78 is 0. The van der Waals surface area contributed by atoms with E-state index in [1.165, 1.54) is 19.3 Å². The van der Waals surface area contributed by atoms with E-state index < -0.39 is 0 Å². The summed E-state index contributed by atoms with van der Waals surface area (Å²) in [4.78, 5) is 19.8. The fourth-order valence-corrected chi connectivity index (χ4v) is 3.40. The number of aromatic nitrogens is 2. The van der Waals surface area contributed by atoms with Crippen LogP contribution in [0.4, 0.5) is 0 Å². The molecule has 24 heavy (non-hydrogen) atoms. The molecule has 2 atom stereocenters. The second-order valence-electron chi connectivity index (χ2n) is 6.93. The number of benzene rings is 1. The highest BCUT2D eigenvalue weighted by Gasteiger charge is 2.16. The number of aryl methyl sites for hydroxylation is 1. The van der Waals surface area contributed by atoms with E-state index in [1.807, 2.05) is 19.1 Å². The average Bonchev–Trinajstić information content (AvgIpc) is 2.54. The summed E-state index contributed by atoms with van der Waals surface area (Å²) in [6.45, 7) is 8.48. The van der Waals surface area contributed by atoms with Crippen LogP contribution in [-0.2, 0) is 6.42 Å². The van der Waals surface area contributed by atoms with Crippen molar-refractivity contribution in [2.75, 3.05) is 0 Å². The van der Waals surface area contributed by atoms with Crippen LogP contribution in [-0.4, -0.2) is 9.97 Å². The quantitative estimate of drug-likeness (QED) is 0.679. The van der Waals surface area contributed by atoms with Crippen molar-refractivity contribution in [1.29, 1.82) is 0 Å². The van der Waals surface area contributed by atoms with Gasteiger partial charge in [0.25, 0.3) is 5.56 Å². The first kappa shape index (κ1) is 18.4. The van der Waals surface area contributed by atoms with Crippen molar-refractivity contribution in [3.05, 3.63) is 52.1 Å². The second kappa shape index (κ2) is 8.81.